The Hall–Kier alpha value is -1.37. The zero-order valence-electron chi connectivity index (χ0n) is 9.66. The van der Waals surface area contributed by atoms with Gasteiger partial charge in [-0.3, -0.25) is 9.59 Å². The van der Waals surface area contributed by atoms with E-state index in [-0.39, 0.29) is 18.3 Å². The lowest BCUT2D eigenvalue weighted by molar-refractivity contribution is -0.146. The van der Waals surface area contributed by atoms with Gasteiger partial charge in [0, 0.05) is 6.92 Å². The highest BCUT2D eigenvalue weighted by atomic mass is 16.5. The maximum absolute atomic E-state index is 11.4. The Morgan fingerprint density at radius 3 is 2.20 bits per heavy atom. The molecule has 1 unspecified atom stereocenters. The number of Topliss-reactive ketones (excluding diaryl/α,β-unsaturated/α-hetero) is 1. The van der Waals surface area contributed by atoms with Crippen LogP contribution in [0.3, 0.4) is 0 Å². The van der Waals surface area contributed by atoms with Crippen molar-refractivity contribution < 1.29 is 14.3 Å². The minimum absolute atomic E-state index is 0.146. The van der Waals surface area contributed by atoms with Crippen LogP contribution in [0.5, 0.6) is 0 Å². The molecule has 1 atom stereocenters. The summed E-state index contributed by atoms with van der Waals surface area (Å²) in [4.78, 5) is 22.1. The first-order valence-corrected chi connectivity index (χ1v) is 4.89. The van der Waals surface area contributed by atoms with Crippen LogP contribution in [0.1, 0.15) is 34.1 Å². The maximum Gasteiger partial charge on any atom is 0.302 e. The van der Waals surface area contributed by atoms with E-state index in [1.807, 2.05) is 19.9 Å². The third kappa shape index (κ3) is 4.11. The van der Waals surface area contributed by atoms with Gasteiger partial charge in [-0.15, -0.1) is 0 Å². The number of nitriles is 1. The van der Waals surface area contributed by atoms with E-state index >= 15 is 0 Å². The highest BCUT2D eigenvalue weighted by Gasteiger charge is 2.37. The second-order valence-electron chi connectivity index (χ2n) is 4.13. The standard InChI is InChI=1S/C11H17NO3/c1-8(2)5-11(6-12,9(3)13)7-15-10(4)14/h8H,5,7H2,1-4H3. The fourth-order valence-electron chi connectivity index (χ4n) is 1.38. The van der Waals surface area contributed by atoms with Gasteiger partial charge in [-0.05, 0) is 19.3 Å². The Bertz CT molecular complexity index is 291. The van der Waals surface area contributed by atoms with E-state index in [1.54, 1.807) is 0 Å². The molecule has 0 amide bonds. The summed E-state index contributed by atoms with van der Waals surface area (Å²) in [5.74, 6) is -0.524. The van der Waals surface area contributed by atoms with E-state index in [1.165, 1.54) is 13.8 Å². The van der Waals surface area contributed by atoms with Crippen molar-refractivity contribution in [3.63, 3.8) is 0 Å². The molecule has 0 aromatic rings. The molecule has 4 heteroatoms. The number of ketones is 1. The van der Waals surface area contributed by atoms with E-state index in [4.69, 9.17) is 10.00 Å². The first kappa shape index (κ1) is 13.6. The number of hydrogen-bond donors (Lipinski definition) is 0. The van der Waals surface area contributed by atoms with Gasteiger partial charge in [0.05, 0.1) is 6.07 Å². The summed E-state index contributed by atoms with van der Waals surface area (Å²) >= 11 is 0. The van der Waals surface area contributed by atoms with E-state index in [0.717, 1.165) is 0 Å². The van der Waals surface area contributed by atoms with Crippen LogP contribution in [0.25, 0.3) is 0 Å². The summed E-state index contributed by atoms with van der Waals surface area (Å²) in [6, 6.07) is 1.97. The molecule has 0 radical (unpaired) electrons. The van der Waals surface area contributed by atoms with Crippen LogP contribution in [0.4, 0.5) is 0 Å². The molecule has 0 N–H and O–H groups in total. The Balaban J connectivity index is 4.76. The molecule has 0 heterocycles. The smallest absolute Gasteiger partial charge is 0.302 e. The molecule has 15 heavy (non-hydrogen) atoms. The Kier molecular flexibility index (Phi) is 4.99. The molecular weight excluding hydrogens is 194 g/mol. The van der Waals surface area contributed by atoms with E-state index in [2.05, 4.69) is 0 Å². The number of hydrogen-bond acceptors (Lipinski definition) is 4. The number of rotatable bonds is 5. The summed E-state index contributed by atoms with van der Waals surface area (Å²) in [5.41, 5.74) is -1.18. The van der Waals surface area contributed by atoms with Crippen LogP contribution in [0, 0.1) is 22.7 Å². The largest absolute Gasteiger partial charge is 0.464 e. The third-order valence-electron chi connectivity index (χ3n) is 2.17. The van der Waals surface area contributed by atoms with Crippen LogP contribution >= 0.6 is 0 Å². The lowest BCUT2D eigenvalue weighted by atomic mass is 9.79. The van der Waals surface area contributed by atoms with Crippen molar-refractivity contribution in [3.05, 3.63) is 0 Å². The monoisotopic (exact) mass is 211 g/mol. The van der Waals surface area contributed by atoms with Gasteiger partial charge in [0.25, 0.3) is 0 Å². The number of carbonyl (C=O) groups excluding carboxylic acids is 2. The molecule has 0 aliphatic heterocycles. The summed E-state index contributed by atoms with van der Waals surface area (Å²) in [6.45, 7) is 6.31. The molecule has 4 nitrogen and oxygen atoms in total. The van der Waals surface area contributed by atoms with Crippen molar-refractivity contribution in [2.75, 3.05) is 6.61 Å². The van der Waals surface area contributed by atoms with E-state index in [0.29, 0.717) is 6.42 Å². The number of ether oxygens (including phenoxy) is 1. The molecule has 0 aliphatic rings. The average molecular weight is 211 g/mol. The number of nitrogens with zero attached hydrogens (tertiary/aromatic N) is 1. The normalized spacial score (nSPS) is 14.1. The maximum atomic E-state index is 11.4. The van der Waals surface area contributed by atoms with Crippen LogP contribution in [0.2, 0.25) is 0 Å². The van der Waals surface area contributed by atoms with Gasteiger partial charge >= 0.3 is 5.97 Å². The van der Waals surface area contributed by atoms with Crippen molar-refractivity contribution in [2.45, 2.75) is 34.1 Å². The highest BCUT2D eigenvalue weighted by Crippen LogP contribution is 2.27. The molecule has 0 aromatic heterocycles. The van der Waals surface area contributed by atoms with Crippen molar-refractivity contribution >= 4 is 11.8 Å². The molecule has 0 saturated carbocycles. The fraction of sp³-hybridized carbons (Fsp3) is 0.727. The van der Waals surface area contributed by atoms with E-state index < -0.39 is 11.4 Å². The van der Waals surface area contributed by atoms with Crippen molar-refractivity contribution in [3.8, 4) is 6.07 Å². The van der Waals surface area contributed by atoms with Crippen LogP contribution in [0.15, 0.2) is 0 Å². The number of carbonyl (C=O) groups is 2. The van der Waals surface area contributed by atoms with E-state index in [9.17, 15) is 9.59 Å². The van der Waals surface area contributed by atoms with Crippen LogP contribution in [-0.2, 0) is 14.3 Å². The molecule has 0 bridgehead atoms. The zero-order valence-corrected chi connectivity index (χ0v) is 9.66. The summed E-state index contributed by atoms with van der Waals surface area (Å²) in [7, 11) is 0. The average Bonchev–Trinajstić information content (AvgIpc) is 2.11. The molecule has 0 rings (SSSR count). The summed E-state index contributed by atoms with van der Waals surface area (Å²) in [6.07, 6.45) is 0.409. The number of esters is 1. The molecule has 0 aliphatic carbocycles. The van der Waals surface area contributed by atoms with Crippen molar-refractivity contribution in [1.82, 2.24) is 0 Å². The molecule has 0 aromatic carbocycles. The van der Waals surface area contributed by atoms with Crippen LogP contribution < -0.4 is 0 Å². The van der Waals surface area contributed by atoms with Gasteiger partial charge in [-0.2, -0.15) is 5.26 Å². The second kappa shape index (κ2) is 5.50. The Morgan fingerprint density at radius 2 is 1.93 bits per heavy atom. The molecular formula is C11H17NO3. The minimum Gasteiger partial charge on any atom is -0.464 e. The summed E-state index contributed by atoms with van der Waals surface area (Å²) in [5, 5.41) is 9.05. The van der Waals surface area contributed by atoms with Gasteiger partial charge in [0.15, 0.2) is 5.78 Å². The molecule has 0 fully saturated rings. The van der Waals surface area contributed by atoms with Crippen LogP contribution in [-0.4, -0.2) is 18.4 Å². The first-order chi connectivity index (χ1) is 6.84. The Labute approximate surface area is 90.2 Å². The molecule has 0 saturated heterocycles. The molecule has 84 valence electrons. The third-order valence-corrected chi connectivity index (χ3v) is 2.17. The summed E-state index contributed by atoms with van der Waals surface area (Å²) < 4.78 is 4.78. The van der Waals surface area contributed by atoms with Gasteiger partial charge in [0.1, 0.15) is 12.0 Å². The fourth-order valence-corrected chi connectivity index (χ4v) is 1.38. The lowest BCUT2D eigenvalue weighted by Gasteiger charge is -2.24. The lowest BCUT2D eigenvalue weighted by Crippen LogP contribution is -2.35. The molecule has 0 spiro atoms. The highest BCUT2D eigenvalue weighted by molar-refractivity contribution is 5.85. The van der Waals surface area contributed by atoms with Crippen molar-refractivity contribution in [2.24, 2.45) is 11.3 Å². The predicted molar refractivity (Wildman–Crippen MR) is 54.8 cm³/mol. The van der Waals surface area contributed by atoms with Gasteiger partial charge < -0.3 is 4.74 Å². The SMILES string of the molecule is CC(=O)OCC(C#N)(CC(C)C)C(C)=O. The van der Waals surface area contributed by atoms with Gasteiger partial charge in [-0.1, -0.05) is 13.8 Å². The zero-order chi connectivity index (χ0) is 12.1. The van der Waals surface area contributed by atoms with Crippen molar-refractivity contribution in [1.29, 1.82) is 5.26 Å². The second-order valence-corrected chi connectivity index (χ2v) is 4.13. The topological polar surface area (TPSA) is 67.2 Å². The van der Waals surface area contributed by atoms with Gasteiger partial charge in [0.2, 0.25) is 0 Å². The Morgan fingerprint density at radius 1 is 1.40 bits per heavy atom. The minimum atomic E-state index is -1.18. The first-order valence-electron chi connectivity index (χ1n) is 4.89. The quantitative estimate of drug-likeness (QED) is 0.649. The van der Waals surface area contributed by atoms with Gasteiger partial charge in [-0.25, -0.2) is 0 Å². The predicted octanol–water partition coefficient (Wildman–Crippen LogP) is 1.69.